The Morgan fingerprint density at radius 2 is 2.08 bits per heavy atom. The van der Waals surface area contributed by atoms with Crippen molar-refractivity contribution in [2.45, 2.75) is 37.6 Å². The van der Waals surface area contributed by atoms with Crippen molar-refractivity contribution in [1.82, 2.24) is 14.9 Å². The Morgan fingerprint density at radius 1 is 1.21 bits per heavy atom. The van der Waals surface area contributed by atoms with Gasteiger partial charge in [0.25, 0.3) is 5.88 Å². The first-order chi connectivity index (χ1) is 11.8. The van der Waals surface area contributed by atoms with Crippen LogP contribution in [0.25, 0.3) is 0 Å². The van der Waals surface area contributed by atoms with Crippen LogP contribution in [-0.4, -0.2) is 46.3 Å². The maximum atomic E-state index is 13.8. The first-order valence-corrected chi connectivity index (χ1v) is 8.33. The lowest BCUT2D eigenvalue weighted by Gasteiger charge is -2.39. The third-order valence-corrected chi connectivity index (χ3v) is 4.77. The summed E-state index contributed by atoms with van der Waals surface area (Å²) in [6.45, 7) is 2.43. The second kappa shape index (κ2) is 6.83. The van der Waals surface area contributed by atoms with Crippen molar-refractivity contribution in [2.24, 2.45) is 0 Å². The smallest absolute Gasteiger partial charge is 0.250 e. The molecular formula is C18H20FN3O2. The molecule has 1 aliphatic carbocycles. The predicted octanol–water partition coefficient (Wildman–Crippen LogP) is 2.43. The van der Waals surface area contributed by atoms with E-state index >= 15 is 0 Å². The average molecular weight is 329 g/mol. The summed E-state index contributed by atoms with van der Waals surface area (Å²) < 4.78 is 25.6. The lowest BCUT2D eigenvalue weighted by atomic mass is 10.1. The van der Waals surface area contributed by atoms with E-state index in [9.17, 15) is 4.39 Å². The van der Waals surface area contributed by atoms with E-state index < -0.39 is 5.82 Å². The van der Waals surface area contributed by atoms with Crippen molar-refractivity contribution >= 4 is 0 Å². The van der Waals surface area contributed by atoms with Crippen LogP contribution < -0.4 is 4.74 Å². The number of fused-ring (bicyclic) bond motifs is 1. The number of morpholine rings is 1. The minimum absolute atomic E-state index is 0.0398. The molecule has 3 heterocycles. The highest BCUT2D eigenvalue weighted by molar-refractivity contribution is 5.15. The van der Waals surface area contributed by atoms with Crippen molar-refractivity contribution in [1.29, 1.82) is 0 Å². The molecule has 0 aromatic carbocycles. The second-order valence-corrected chi connectivity index (χ2v) is 6.25. The van der Waals surface area contributed by atoms with Crippen LogP contribution in [0, 0.1) is 5.82 Å². The van der Waals surface area contributed by atoms with Gasteiger partial charge in [-0.3, -0.25) is 9.88 Å². The third kappa shape index (κ3) is 3.12. The fourth-order valence-corrected chi connectivity index (χ4v) is 3.64. The summed E-state index contributed by atoms with van der Waals surface area (Å²) in [7, 11) is 0. The van der Waals surface area contributed by atoms with E-state index in [4.69, 9.17) is 9.47 Å². The number of ether oxygens (including phenoxy) is 2. The summed E-state index contributed by atoms with van der Waals surface area (Å²) in [5, 5.41) is 0. The van der Waals surface area contributed by atoms with Crippen LogP contribution >= 0.6 is 0 Å². The number of aromatic nitrogens is 2. The Morgan fingerprint density at radius 3 is 2.92 bits per heavy atom. The largest absolute Gasteiger partial charge is 0.469 e. The monoisotopic (exact) mass is 329 g/mol. The molecule has 5 nitrogen and oxygen atoms in total. The molecule has 2 aromatic rings. The molecule has 1 saturated carbocycles. The van der Waals surface area contributed by atoms with Gasteiger partial charge in [-0.25, -0.2) is 9.37 Å². The van der Waals surface area contributed by atoms with E-state index in [0.717, 1.165) is 25.9 Å². The van der Waals surface area contributed by atoms with Gasteiger partial charge in [-0.2, -0.15) is 0 Å². The fourth-order valence-electron chi connectivity index (χ4n) is 3.64. The molecule has 6 heteroatoms. The number of hydrogen-bond donors (Lipinski definition) is 0. The standard InChI is InChI=1S/C18H20FN3O2/c19-14-2-1-7-21-18(14)24-16-4-3-15-17(16)23-11-10-22(15)12-13-5-8-20-9-6-13/h1-2,5-9,15-17H,3-4,10-12H2/t15-,16-,17+/m0/s1. The molecule has 0 radical (unpaired) electrons. The molecule has 126 valence electrons. The molecule has 1 saturated heterocycles. The van der Waals surface area contributed by atoms with Crippen LogP contribution in [0.1, 0.15) is 18.4 Å². The van der Waals surface area contributed by atoms with Crippen LogP contribution in [0.4, 0.5) is 4.39 Å². The minimum atomic E-state index is -0.426. The lowest BCUT2D eigenvalue weighted by molar-refractivity contribution is -0.0927. The third-order valence-electron chi connectivity index (χ3n) is 4.77. The van der Waals surface area contributed by atoms with Crippen LogP contribution in [0.2, 0.25) is 0 Å². The summed E-state index contributed by atoms with van der Waals surface area (Å²) >= 11 is 0. The van der Waals surface area contributed by atoms with Crippen molar-refractivity contribution < 1.29 is 13.9 Å². The number of nitrogens with zero attached hydrogens (tertiary/aromatic N) is 3. The highest BCUT2D eigenvalue weighted by atomic mass is 19.1. The predicted molar refractivity (Wildman–Crippen MR) is 86.0 cm³/mol. The number of rotatable bonds is 4. The number of pyridine rings is 2. The van der Waals surface area contributed by atoms with Gasteiger partial charge in [-0.1, -0.05) is 0 Å². The Labute approximate surface area is 140 Å². The van der Waals surface area contributed by atoms with Crippen LogP contribution in [-0.2, 0) is 11.3 Å². The van der Waals surface area contributed by atoms with Crippen LogP contribution in [0.15, 0.2) is 42.9 Å². The highest BCUT2D eigenvalue weighted by Gasteiger charge is 2.44. The second-order valence-electron chi connectivity index (χ2n) is 6.25. The molecule has 0 unspecified atom stereocenters. The molecule has 4 rings (SSSR count). The summed E-state index contributed by atoms with van der Waals surface area (Å²) in [6.07, 6.45) is 6.81. The zero-order valence-corrected chi connectivity index (χ0v) is 13.3. The Bertz CT molecular complexity index is 685. The first-order valence-electron chi connectivity index (χ1n) is 8.33. The van der Waals surface area contributed by atoms with Crippen molar-refractivity contribution in [2.75, 3.05) is 13.2 Å². The van der Waals surface area contributed by atoms with Gasteiger partial charge in [-0.05, 0) is 42.7 Å². The van der Waals surface area contributed by atoms with Gasteiger partial charge in [0, 0.05) is 37.7 Å². The average Bonchev–Trinajstić information content (AvgIpc) is 3.02. The van der Waals surface area contributed by atoms with E-state index in [-0.39, 0.29) is 18.1 Å². The molecule has 2 aliphatic rings. The molecule has 1 aliphatic heterocycles. The Balaban J connectivity index is 1.45. The zero-order valence-electron chi connectivity index (χ0n) is 13.3. The lowest BCUT2D eigenvalue weighted by Crippen LogP contribution is -2.51. The first kappa shape index (κ1) is 15.5. The van der Waals surface area contributed by atoms with E-state index in [1.165, 1.54) is 11.6 Å². The van der Waals surface area contributed by atoms with Gasteiger partial charge in [0.1, 0.15) is 12.2 Å². The topological polar surface area (TPSA) is 47.5 Å². The van der Waals surface area contributed by atoms with E-state index in [1.54, 1.807) is 12.3 Å². The van der Waals surface area contributed by atoms with Crippen molar-refractivity contribution in [3.63, 3.8) is 0 Å². The van der Waals surface area contributed by atoms with Gasteiger partial charge in [-0.15, -0.1) is 0 Å². The molecule has 0 amide bonds. The van der Waals surface area contributed by atoms with E-state index in [2.05, 4.69) is 14.9 Å². The van der Waals surface area contributed by atoms with Crippen LogP contribution in [0.5, 0.6) is 5.88 Å². The molecule has 2 fully saturated rings. The van der Waals surface area contributed by atoms with Gasteiger partial charge >= 0.3 is 0 Å². The van der Waals surface area contributed by atoms with Gasteiger partial charge in [0.2, 0.25) is 0 Å². The maximum absolute atomic E-state index is 13.8. The molecule has 0 N–H and O–H groups in total. The Hall–Kier alpha value is -2.05. The summed E-state index contributed by atoms with van der Waals surface area (Å²) in [5.41, 5.74) is 1.24. The highest BCUT2D eigenvalue weighted by Crippen LogP contribution is 2.33. The minimum Gasteiger partial charge on any atom is -0.469 e. The number of hydrogen-bond acceptors (Lipinski definition) is 5. The summed E-state index contributed by atoms with van der Waals surface area (Å²) in [5.74, 6) is -0.358. The Kier molecular flexibility index (Phi) is 4.40. The quantitative estimate of drug-likeness (QED) is 0.862. The van der Waals surface area contributed by atoms with E-state index in [1.807, 2.05) is 24.5 Å². The normalized spacial score (nSPS) is 27.0. The van der Waals surface area contributed by atoms with Gasteiger partial charge < -0.3 is 9.47 Å². The fraction of sp³-hybridized carbons (Fsp3) is 0.444. The molecule has 2 aromatic heterocycles. The maximum Gasteiger partial charge on any atom is 0.250 e. The SMILES string of the molecule is Fc1cccnc1O[C@H]1CC[C@H]2[C@H]1OCCN2Cc1ccncc1. The zero-order chi connectivity index (χ0) is 16.4. The van der Waals surface area contributed by atoms with Crippen LogP contribution in [0.3, 0.4) is 0 Å². The van der Waals surface area contributed by atoms with Crippen molar-refractivity contribution in [3.05, 3.63) is 54.2 Å². The molecule has 3 atom stereocenters. The van der Waals surface area contributed by atoms with E-state index in [0.29, 0.717) is 12.6 Å². The number of halogens is 1. The van der Waals surface area contributed by atoms with Crippen molar-refractivity contribution in [3.8, 4) is 5.88 Å². The molecular weight excluding hydrogens is 309 g/mol. The molecule has 0 spiro atoms. The van der Waals surface area contributed by atoms with Gasteiger partial charge in [0.15, 0.2) is 5.82 Å². The molecule has 24 heavy (non-hydrogen) atoms. The van der Waals surface area contributed by atoms with Gasteiger partial charge in [0.05, 0.1) is 6.61 Å². The molecule has 0 bridgehead atoms. The summed E-state index contributed by atoms with van der Waals surface area (Å²) in [6, 6.07) is 7.30. The summed E-state index contributed by atoms with van der Waals surface area (Å²) in [4.78, 5) is 10.5.